The predicted molar refractivity (Wildman–Crippen MR) is 132 cm³/mol. The van der Waals surface area contributed by atoms with Crippen LogP contribution in [0, 0.1) is 5.92 Å². The highest BCUT2D eigenvalue weighted by atomic mass is 35.5. The number of sulfonamides is 1. The van der Waals surface area contributed by atoms with Crippen molar-refractivity contribution in [3.63, 3.8) is 0 Å². The van der Waals surface area contributed by atoms with Gasteiger partial charge in [-0.15, -0.1) is 0 Å². The second-order valence-corrected chi connectivity index (χ2v) is 12.0. The van der Waals surface area contributed by atoms with Crippen LogP contribution >= 0.6 is 11.6 Å². The van der Waals surface area contributed by atoms with E-state index >= 15 is 0 Å². The largest absolute Gasteiger partial charge is 0.486 e. The van der Waals surface area contributed by atoms with Crippen molar-refractivity contribution in [1.82, 2.24) is 9.78 Å². The van der Waals surface area contributed by atoms with Crippen molar-refractivity contribution >= 4 is 39.1 Å². The van der Waals surface area contributed by atoms with Gasteiger partial charge in [0.2, 0.25) is 0 Å². The number of carbonyl (C=O) groups excluding carboxylic acids is 2. The Bertz CT molecular complexity index is 1220. The van der Waals surface area contributed by atoms with Gasteiger partial charge in [0, 0.05) is 25.1 Å². The zero-order valence-electron chi connectivity index (χ0n) is 20.9. The van der Waals surface area contributed by atoms with Gasteiger partial charge in [-0.25, -0.2) is 8.42 Å². The van der Waals surface area contributed by atoms with Crippen LogP contribution in [0.2, 0.25) is 5.15 Å². The van der Waals surface area contributed by atoms with E-state index in [-0.39, 0.29) is 46.8 Å². The van der Waals surface area contributed by atoms with Crippen LogP contribution in [0.4, 0.5) is 5.69 Å². The second kappa shape index (κ2) is 10.2. The van der Waals surface area contributed by atoms with E-state index in [2.05, 4.69) is 5.10 Å². The molecule has 3 rings (SSSR count). The van der Waals surface area contributed by atoms with Crippen molar-refractivity contribution in [2.24, 2.45) is 5.92 Å². The fourth-order valence-electron chi connectivity index (χ4n) is 3.92. The summed E-state index contributed by atoms with van der Waals surface area (Å²) in [6.07, 6.45) is 1.06. The number of nitrogens with zero attached hydrogens (tertiary/aromatic N) is 3. The van der Waals surface area contributed by atoms with Crippen LogP contribution in [0.15, 0.2) is 29.3 Å². The Morgan fingerprint density at radius 3 is 2.57 bits per heavy atom. The van der Waals surface area contributed by atoms with Crippen LogP contribution < -0.4 is 9.04 Å². The Labute approximate surface area is 211 Å². The number of fused-ring (bicyclic) bond motifs is 1. The molecule has 2 heterocycles. The Morgan fingerprint density at radius 2 is 2.00 bits per heavy atom. The van der Waals surface area contributed by atoms with E-state index in [0.717, 1.165) is 0 Å². The van der Waals surface area contributed by atoms with Gasteiger partial charge in [0.05, 0.1) is 18.7 Å². The van der Waals surface area contributed by atoms with Crippen LogP contribution in [-0.4, -0.2) is 48.2 Å². The van der Waals surface area contributed by atoms with Crippen LogP contribution in [0.5, 0.6) is 5.75 Å². The van der Waals surface area contributed by atoms with Crippen molar-refractivity contribution in [1.29, 1.82) is 0 Å². The molecule has 0 saturated carbocycles. The van der Waals surface area contributed by atoms with Crippen molar-refractivity contribution in [2.75, 3.05) is 10.8 Å². The maximum absolute atomic E-state index is 13.8. The first-order valence-electron chi connectivity index (χ1n) is 11.5. The van der Waals surface area contributed by atoms with Crippen molar-refractivity contribution < 1.29 is 27.5 Å². The van der Waals surface area contributed by atoms with E-state index in [1.54, 1.807) is 39.0 Å². The summed E-state index contributed by atoms with van der Waals surface area (Å²) in [5, 5.41) is 3.94. The number of hydrogen-bond acceptors (Lipinski definition) is 7. The first kappa shape index (κ1) is 27.0. The smallest absolute Gasteiger partial charge is 0.310 e. The molecule has 9 nitrogen and oxygen atoms in total. The Morgan fingerprint density at radius 1 is 1.31 bits per heavy atom. The van der Waals surface area contributed by atoms with Gasteiger partial charge in [-0.3, -0.25) is 13.8 Å². The fourth-order valence-corrected chi connectivity index (χ4v) is 5.84. The number of aryl methyl sites for hydroxylation is 1. The van der Waals surface area contributed by atoms with Gasteiger partial charge in [-0.05, 0) is 52.3 Å². The summed E-state index contributed by atoms with van der Waals surface area (Å²) >= 11 is 6.21. The van der Waals surface area contributed by atoms with E-state index in [1.807, 2.05) is 13.8 Å². The van der Waals surface area contributed by atoms with E-state index in [4.69, 9.17) is 21.1 Å². The van der Waals surface area contributed by atoms with E-state index in [0.29, 0.717) is 17.9 Å². The number of Topliss-reactive ketones (excluding diaryl/α,β-unsaturated/α-hetero) is 1. The Hall–Kier alpha value is -2.59. The summed E-state index contributed by atoms with van der Waals surface area (Å²) in [6, 6.07) is 4.95. The summed E-state index contributed by atoms with van der Waals surface area (Å²) in [5.41, 5.74) is 0.227. The van der Waals surface area contributed by atoms with E-state index in [9.17, 15) is 18.0 Å². The van der Waals surface area contributed by atoms with Gasteiger partial charge in [0.15, 0.2) is 5.15 Å². The third-order valence-electron chi connectivity index (χ3n) is 5.51. The quantitative estimate of drug-likeness (QED) is 0.479. The normalized spacial score (nSPS) is 16.9. The lowest BCUT2D eigenvalue weighted by molar-refractivity contribution is -0.153. The molecule has 0 saturated heterocycles. The third kappa shape index (κ3) is 6.35. The molecule has 1 aliphatic heterocycles. The molecule has 0 radical (unpaired) electrons. The monoisotopic (exact) mass is 525 g/mol. The summed E-state index contributed by atoms with van der Waals surface area (Å²) in [7, 11) is -4.13. The molecular weight excluding hydrogens is 494 g/mol. The zero-order chi connectivity index (χ0) is 26.1. The summed E-state index contributed by atoms with van der Waals surface area (Å²) in [6.45, 7) is 10.9. The molecule has 1 aromatic heterocycles. The van der Waals surface area contributed by atoms with Crippen LogP contribution in [0.3, 0.4) is 0 Å². The van der Waals surface area contributed by atoms with Crippen molar-refractivity contribution in [2.45, 2.75) is 77.5 Å². The minimum atomic E-state index is -4.13. The van der Waals surface area contributed by atoms with Gasteiger partial charge < -0.3 is 14.3 Å². The van der Waals surface area contributed by atoms with Gasteiger partial charge in [-0.2, -0.15) is 5.10 Å². The maximum atomic E-state index is 13.8. The summed E-state index contributed by atoms with van der Waals surface area (Å²) in [5.74, 6) is -0.328. The Kier molecular flexibility index (Phi) is 7.86. The second-order valence-electron chi connectivity index (χ2n) is 9.78. The van der Waals surface area contributed by atoms with Gasteiger partial charge in [-0.1, -0.05) is 24.6 Å². The third-order valence-corrected chi connectivity index (χ3v) is 7.68. The molecule has 0 fully saturated rings. The lowest BCUT2D eigenvalue weighted by atomic mass is 9.97. The number of hydrogen-bond donors (Lipinski definition) is 0. The molecule has 1 aliphatic rings. The molecule has 0 amide bonds. The number of aromatic nitrogens is 2. The lowest BCUT2D eigenvalue weighted by Gasteiger charge is -2.37. The molecule has 0 unspecified atom stereocenters. The van der Waals surface area contributed by atoms with Gasteiger partial charge >= 0.3 is 5.97 Å². The van der Waals surface area contributed by atoms with Gasteiger partial charge in [0.25, 0.3) is 10.0 Å². The van der Waals surface area contributed by atoms with Crippen molar-refractivity contribution in [3.05, 3.63) is 35.1 Å². The average Bonchev–Trinajstić information content (AvgIpc) is 3.12. The molecule has 2 aromatic rings. The highest BCUT2D eigenvalue weighted by molar-refractivity contribution is 7.93. The molecule has 11 heteroatoms. The number of ketones is 1. The molecule has 0 spiro atoms. The molecule has 192 valence electrons. The summed E-state index contributed by atoms with van der Waals surface area (Å²) < 4.78 is 41.8. The molecule has 0 N–H and O–H groups in total. The first-order chi connectivity index (χ1) is 16.2. The highest BCUT2D eigenvalue weighted by Crippen LogP contribution is 2.40. The molecule has 1 aromatic carbocycles. The number of ether oxygens (including phenoxy) is 2. The van der Waals surface area contributed by atoms with Crippen LogP contribution in [0.25, 0.3) is 0 Å². The van der Waals surface area contributed by atoms with Crippen LogP contribution in [-0.2, 0) is 37.3 Å². The fraction of sp³-hybridized carbons (Fsp3) is 0.542. The number of anilines is 1. The molecule has 0 aliphatic carbocycles. The van der Waals surface area contributed by atoms with E-state index in [1.165, 1.54) is 22.1 Å². The molecular formula is C24H32ClN3O6S. The maximum Gasteiger partial charge on any atom is 0.310 e. The number of esters is 1. The SMILES string of the molecule is CCn1cc(S(=O)(=O)N2C[C@H]([C@@H](C)CC(C)=O)Oc3ccc(CC(=O)OC(C)(C)C)cc32)c(Cl)n1. The number of halogens is 1. The van der Waals surface area contributed by atoms with Crippen molar-refractivity contribution in [3.8, 4) is 5.75 Å². The van der Waals surface area contributed by atoms with Crippen LogP contribution in [0.1, 0.15) is 53.5 Å². The highest BCUT2D eigenvalue weighted by Gasteiger charge is 2.39. The number of rotatable bonds is 8. The van der Waals surface area contributed by atoms with E-state index < -0.39 is 27.7 Å². The molecule has 35 heavy (non-hydrogen) atoms. The van der Waals surface area contributed by atoms with Gasteiger partial charge in [0.1, 0.15) is 28.1 Å². The number of benzene rings is 1. The Balaban J connectivity index is 2.04. The predicted octanol–water partition coefficient (Wildman–Crippen LogP) is 4.01. The zero-order valence-corrected chi connectivity index (χ0v) is 22.4. The minimum Gasteiger partial charge on any atom is -0.486 e. The summed E-state index contributed by atoms with van der Waals surface area (Å²) in [4.78, 5) is 24.0. The lowest BCUT2D eigenvalue weighted by Crippen LogP contribution is -2.46. The first-order valence-corrected chi connectivity index (χ1v) is 13.3. The molecule has 0 bridgehead atoms. The topological polar surface area (TPSA) is 108 Å². The minimum absolute atomic E-state index is 0.0127. The molecule has 2 atom stereocenters. The average molecular weight is 526 g/mol. The number of carbonyl (C=O) groups is 2. The standard InChI is InChI=1S/C24H32ClN3O6S/c1-7-27-14-21(23(25)26-27)35(31,32)28-13-20(15(2)10-16(3)29)33-19-9-8-17(11-18(19)28)12-22(30)34-24(4,5)6/h8-9,11,14-15,20H,7,10,12-13H2,1-6H3/t15-,20+/m0/s1.